The molecule has 1 aliphatic heterocycles. The van der Waals surface area contributed by atoms with E-state index in [4.69, 9.17) is 27.9 Å². The van der Waals surface area contributed by atoms with Crippen molar-refractivity contribution in [2.24, 2.45) is 0 Å². The number of ether oxygens (including phenoxy) is 1. The van der Waals surface area contributed by atoms with E-state index in [2.05, 4.69) is 16.0 Å². The lowest BCUT2D eigenvalue weighted by Crippen LogP contribution is -2.34. The van der Waals surface area contributed by atoms with E-state index in [0.29, 0.717) is 30.1 Å². The number of halogens is 3. The Hall–Kier alpha value is -2.57. The zero-order valence-electron chi connectivity index (χ0n) is 16.5. The van der Waals surface area contributed by atoms with Gasteiger partial charge in [-0.3, -0.25) is 0 Å². The number of nitrogens with one attached hydrogen (secondary N) is 1. The highest BCUT2D eigenvalue weighted by molar-refractivity contribution is 6.36. The van der Waals surface area contributed by atoms with Crippen LogP contribution in [0.4, 0.5) is 9.18 Å². The van der Waals surface area contributed by atoms with Gasteiger partial charge in [0.2, 0.25) is 0 Å². The van der Waals surface area contributed by atoms with E-state index in [1.165, 1.54) is 19.2 Å². The molecule has 1 amide bonds. The minimum absolute atomic E-state index is 0.0337. The van der Waals surface area contributed by atoms with E-state index < -0.39 is 5.82 Å². The Morgan fingerprint density at radius 2 is 2.17 bits per heavy atom. The van der Waals surface area contributed by atoms with Crippen LogP contribution in [0, 0.1) is 5.82 Å². The monoisotopic (exact) mass is 447 g/mol. The Morgan fingerprint density at radius 3 is 2.87 bits per heavy atom. The number of H-pyrrole nitrogens is 1. The molecule has 0 saturated carbocycles. The molecular formula is C22H20Cl2FN3O2. The van der Waals surface area contributed by atoms with Gasteiger partial charge in [-0.25, -0.2) is 14.2 Å². The molecule has 1 unspecified atom stereocenters. The fourth-order valence-electron chi connectivity index (χ4n) is 3.88. The van der Waals surface area contributed by atoms with Gasteiger partial charge in [0, 0.05) is 41.8 Å². The fourth-order valence-corrected chi connectivity index (χ4v) is 4.58. The van der Waals surface area contributed by atoms with Crippen molar-refractivity contribution in [3.8, 4) is 0 Å². The summed E-state index contributed by atoms with van der Waals surface area (Å²) in [5.41, 5.74) is 4.32. The number of aromatic amines is 1. The summed E-state index contributed by atoms with van der Waals surface area (Å²) in [5, 5.41) is 1.38. The van der Waals surface area contributed by atoms with Gasteiger partial charge in [0.15, 0.2) is 0 Å². The molecule has 30 heavy (non-hydrogen) atoms. The van der Waals surface area contributed by atoms with Crippen molar-refractivity contribution in [2.75, 3.05) is 20.2 Å². The van der Waals surface area contributed by atoms with Crippen molar-refractivity contribution in [3.63, 3.8) is 0 Å². The third kappa shape index (κ3) is 3.66. The Labute approximate surface area is 183 Å². The topological polar surface area (TPSA) is 58.2 Å². The first-order chi connectivity index (χ1) is 14.4. The molecule has 1 N–H and O–H groups in total. The summed E-state index contributed by atoms with van der Waals surface area (Å²) in [6, 6.07) is 4.85. The average molecular weight is 448 g/mol. The number of hydrogen-bond donors (Lipinski definition) is 1. The van der Waals surface area contributed by atoms with Gasteiger partial charge >= 0.3 is 6.09 Å². The number of carbonyl (C=O) groups is 1. The Bertz CT molecular complexity index is 1160. The molecule has 4 rings (SSSR count). The van der Waals surface area contributed by atoms with Crippen molar-refractivity contribution in [2.45, 2.75) is 19.3 Å². The maximum Gasteiger partial charge on any atom is 0.409 e. The van der Waals surface area contributed by atoms with Gasteiger partial charge in [-0.15, -0.1) is 0 Å². The standard InChI is InChI=1S/C22H20Cl2FN3O2/c1-12(19-17(23)3-4-18(25)20(19)24)16-11-27-21-15(16)9-14(10-26-21)13-5-7-28(8-6-13)22(29)30-2/h3-5,9-12H,6-8H2,1-2H3,(H,26,27). The lowest BCUT2D eigenvalue weighted by molar-refractivity contribution is 0.128. The second-order valence-corrected chi connectivity index (χ2v) is 8.02. The van der Waals surface area contributed by atoms with Crippen molar-refractivity contribution < 1.29 is 13.9 Å². The fraction of sp³-hybridized carbons (Fsp3) is 0.273. The number of aromatic nitrogens is 2. The molecule has 3 aromatic rings. The summed E-state index contributed by atoms with van der Waals surface area (Å²) in [4.78, 5) is 21.1. The zero-order valence-corrected chi connectivity index (χ0v) is 18.0. The molecule has 2 aromatic heterocycles. The first-order valence-electron chi connectivity index (χ1n) is 9.53. The molecule has 1 atom stereocenters. The predicted molar refractivity (Wildman–Crippen MR) is 117 cm³/mol. The van der Waals surface area contributed by atoms with E-state index in [9.17, 15) is 9.18 Å². The third-order valence-electron chi connectivity index (χ3n) is 5.55. The quantitative estimate of drug-likeness (QED) is 0.499. The molecule has 3 heterocycles. The molecule has 0 fully saturated rings. The van der Waals surface area contributed by atoms with Crippen LogP contribution >= 0.6 is 23.2 Å². The summed E-state index contributed by atoms with van der Waals surface area (Å²) in [6.07, 6.45) is 6.07. The van der Waals surface area contributed by atoms with E-state index in [1.807, 2.05) is 25.4 Å². The number of fused-ring (bicyclic) bond motifs is 1. The summed E-state index contributed by atoms with van der Waals surface area (Å²) < 4.78 is 18.8. The molecule has 0 radical (unpaired) electrons. The summed E-state index contributed by atoms with van der Waals surface area (Å²) in [5.74, 6) is -0.731. The average Bonchev–Trinajstić information content (AvgIpc) is 3.19. The number of benzene rings is 1. The SMILES string of the molecule is COC(=O)N1CC=C(c2cnc3[nH]cc(C(C)c4c(Cl)ccc(F)c4Cl)c3c2)CC1. The Balaban J connectivity index is 1.70. The summed E-state index contributed by atoms with van der Waals surface area (Å²) >= 11 is 12.6. The molecule has 1 aliphatic rings. The molecule has 0 aliphatic carbocycles. The van der Waals surface area contributed by atoms with Gasteiger partial charge < -0.3 is 14.6 Å². The number of carbonyl (C=O) groups excluding carboxylic acids is 1. The molecule has 1 aromatic carbocycles. The number of nitrogens with zero attached hydrogens (tertiary/aromatic N) is 2. The minimum atomic E-state index is -0.496. The minimum Gasteiger partial charge on any atom is -0.453 e. The van der Waals surface area contributed by atoms with Crippen LogP contribution in [0.2, 0.25) is 10.0 Å². The number of hydrogen-bond acceptors (Lipinski definition) is 3. The number of pyridine rings is 1. The molecule has 156 valence electrons. The molecule has 0 bridgehead atoms. The summed E-state index contributed by atoms with van der Waals surface area (Å²) in [7, 11) is 1.38. The van der Waals surface area contributed by atoms with Crippen LogP contribution in [-0.2, 0) is 4.74 Å². The maximum atomic E-state index is 14.0. The predicted octanol–water partition coefficient (Wildman–Crippen LogP) is 6.02. The van der Waals surface area contributed by atoms with Gasteiger partial charge in [-0.1, -0.05) is 36.2 Å². The van der Waals surface area contributed by atoms with Crippen LogP contribution in [0.5, 0.6) is 0 Å². The van der Waals surface area contributed by atoms with Gasteiger partial charge in [0.05, 0.1) is 12.1 Å². The Kier molecular flexibility index (Phi) is 5.71. The van der Waals surface area contributed by atoms with Gasteiger partial charge in [0.1, 0.15) is 11.5 Å². The normalized spacial score (nSPS) is 15.2. The molecule has 8 heteroatoms. The van der Waals surface area contributed by atoms with E-state index >= 15 is 0 Å². The molecular weight excluding hydrogens is 428 g/mol. The lowest BCUT2D eigenvalue weighted by atomic mass is 9.92. The number of methoxy groups -OCH3 is 1. The second kappa shape index (κ2) is 8.28. The molecule has 5 nitrogen and oxygen atoms in total. The van der Waals surface area contributed by atoms with E-state index in [0.717, 1.165) is 27.7 Å². The molecule has 0 spiro atoms. The first-order valence-corrected chi connectivity index (χ1v) is 10.3. The van der Waals surface area contributed by atoms with Gasteiger partial charge in [-0.2, -0.15) is 0 Å². The Morgan fingerprint density at radius 1 is 1.37 bits per heavy atom. The largest absolute Gasteiger partial charge is 0.453 e. The van der Waals surface area contributed by atoms with Gasteiger partial charge in [-0.05, 0) is 46.9 Å². The van der Waals surface area contributed by atoms with Crippen molar-refractivity contribution in [3.05, 3.63) is 69.2 Å². The lowest BCUT2D eigenvalue weighted by Gasteiger charge is -2.25. The molecule has 0 saturated heterocycles. The van der Waals surface area contributed by atoms with E-state index in [1.54, 1.807) is 4.90 Å². The zero-order chi connectivity index (χ0) is 21.4. The van der Waals surface area contributed by atoms with Crippen LogP contribution in [0.1, 0.15) is 36.0 Å². The first kappa shape index (κ1) is 20.7. The van der Waals surface area contributed by atoms with E-state index in [-0.39, 0.29) is 17.0 Å². The van der Waals surface area contributed by atoms with Crippen LogP contribution < -0.4 is 0 Å². The van der Waals surface area contributed by atoms with Crippen LogP contribution in [0.3, 0.4) is 0 Å². The highest BCUT2D eigenvalue weighted by Crippen LogP contribution is 2.39. The van der Waals surface area contributed by atoms with Crippen LogP contribution in [0.15, 0.2) is 36.7 Å². The number of rotatable bonds is 3. The third-order valence-corrected chi connectivity index (χ3v) is 6.27. The summed E-state index contributed by atoms with van der Waals surface area (Å²) in [6.45, 7) is 3.02. The highest BCUT2D eigenvalue weighted by atomic mass is 35.5. The smallest absolute Gasteiger partial charge is 0.409 e. The van der Waals surface area contributed by atoms with Crippen LogP contribution in [0.25, 0.3) is 16.6 Å². The highest BCUT2D eigenvalue weighted by Gasteiger charge is 2.23. The number of amides is 1. The van der Waals surface area contributed by atoms with Crippen molar-refractivity contribution >= 4 is 45.9 Å². The van der Waals surface area contributed by atoms with Crippen LogP contribution in [-0.4, -0.2) is 41.2 Å². The van der Waals surface area contributed by atoms with Crippen molar-refractivity contribution in [1.82, 2.24) is 14.9 Å². The van der Waals surface area contributed by atoms with Gasteiger partial charge in [0.25, 0.3) is 0 Å². The maximum absolute atomic E-state index is 14.0. The van der Waals surface area contributed by atoms with Crippen molar-refractivity contribution in [1.29, 1.82) is 0 Å². The second-order valence-electron chi connectivity index (χ2n) is 7.24.